The smallest absolute Gasteiger partial charge is 0.384 e. The van der Waals surface area contributed by atoms with Crippen LogP contribution in [0.25, 0.3) is 0 Å². The van der Waals surface area contributed by atoms with Crippen LogP contribution in [-0.4, -0.2) is 26.8 Å². The van der Waals surface area contributed by atoms with Gasteiger partial charge in [-0.3, -0.25) is 0 Å². The normalized spacial score (nSPS) is 19.1. The van der Waals surface area contributed by atoms with Crippen LogP contribution < -0.4 is 4.90 Å². The number of halogens is 3. The van der Waals surface area contributed by atoms with Gasteiger partial charge in [-0.25, -0.2) is 0 Å². The van der Waals surface area contributed by atoms with Crippen molar-refractivity contribution in [2.45, 2.75) is 12.6 Å². The lowest BCUT2D eigenvalue weighted by molar-refractivity contribution is -0.137. The van der Waals surface area contributed by atoms with Crippen molar-refractivity contribution in [2.24, 2.45) is 5.92 Å². The van der Waals surface area contributed by atoms with E-state index in [-0.39, 0.29) is 5.56 Å². The fourth-order valence-electron chi connectivity index (χ4n) is 2.51. The van der Waals surface area contributed by atoms with Gasteiger partial charge in [-0.1, -0.05) is 0 Å². The van der Waals surface area contributed by atoms with Crippen LogP contribution in [0.3, 0.4) is 0 Å². The summed E-state index contributed by atoms with van der Waals surface area (Å²) >= 11 is 0. The molecule has 0 radical (unpaired) electrons. The van der Waals surface area contributed by atoms with Gasteiger partial charge in [0.05, 0.1) is 23.8 Å². The van der Waals surface area contributed by atoms with Crippen molar-refractivity contribution in [2.75, 3.05) is 31.7 Å². The largest absolute Gasteiger partial charge is 0.417 e. The molecule has 20 heavy (non-hydrogen) atoms. The molecule has 0 aliphatic carbocycles. The maximum Gasteiger partial charge on any atom is 0.417 e. The van der Waals surface area contributed by atoms with E-state index in [1.165, 1.54) is 12.1 Å². The van der Waals surface area contributed by atoms with Crippen molar-refractivity contribution in [3.8, 4) is 6.07 Å². The fraction of sp³-hybridized carbons (Fsp3) is 0.500. The average Bonchev–Trinajstić information content (AvgIpc) is 2.86. The Kier molecular flexibility index (Phi) is 4.19. The molecule has 6 heteroatoms. The minimum Gasteiger partial charge on any atom is -0.384 e. The molecule has 0 aromatic heterocycles. The Morgan fingerprint density at radius 2 is 2.20 bits per heavy atom. The molecule has 108 valence electrons. The van der Waals surface area contributed by atoms with E-state index in [1.807, 2.05) is 4.90 Å². The fourth-order valence-corrected chi connectivity index (χ4v) is 2.51. The lowest BCUT2D eigenvalue weighted by Crippen LogP contribution is -2.21. The number of nitrogens with zero attached hydrogens (tertiary/aromatic N) is 2. The zero-order valence-electron chi connectivity index (χ0n) is 11.1. The number of methoxy groups -OCH3 is 1. The van der Waals surface area contributed by atoms with Crippen molar-refractivity contribution in [1.82, 2.24) is 0 Å². The molecule has 1 atom stereocenters. The molecular weight excluding hydrogens is 269 g/mol. The summed E-state index contributed by atoms with van der Waals surface area (Å²) in [5, 5.41) is 8.90. The lowest BCUT2D eigenvalue weighted by Gasteiger charge is -2.20. The molecule has 1 aliphatic rings. The monoisotopic (exact) mass is 284 g/mol. The van der Waals surface area contributed by atoms with Gasteiger partial charge in [0.2, 0.25) is 0 Å². The van der Waals surface area contributed by atoms with Crippen molar-refractivity contribution < 1.29 is 17.9 Å². The van der Waals surface area contributed by atoms with Gasteiger partial charge < -0.3 is 9.64 Å². The Labute approximate surface area is 115 Å². The molecule has 1 aliphatic heterocycles. The topological polar surface area (TPSA) is 36.3 Å². The van der Waals surface area contributed by atoms with Crippen LogP contribution in [0.5, 0.6) is 0 Å². The third-order valence-corrected chi connectivity index (χ3v) is 3.48. The predicted octanol–water partition coefficient (Wildman–Crippen LogP) is 3.05. The molecule has 0 amide bonds. The summed E-state index contributed by atoms with van der Waals surface area (Å²) in [6, 6.07) is 5.36. The van der Waals surface area contributed by atoms with E-state index in [0.717, 1.165) is 25.6 Å². The molecule has 2 rings (SSSR count). The highest BCUT2D eigenvalue weighted by Gasteiger charge is 2.34. The van der Waals surface area contributed by atoms with Crippen LogP contribution in [0.1, 0.15) is 17.5 Å². The summed E-state index contributed by atoms with van der Waals surface area (Å²) in [6.07, 6.45) is -3.55. The first kappa shape index (κ1) is 14.7. The number of anilines is 1. The number of hydrogen-bond donors (Lipinski definition) is 0. The van der Waals surface area contributed by atoms with E-state index >= 15 is 0 Å². The van der Waals surface area contributed by atoms with Gasteiger partial charge >= 0.3 is 6.18 Å². The molecular formula is C14H15F3N2O. The van der Waals surface area contributed by atoms with E-state index in [4.69, 9.17) is 10.00 Å². The van der Waals surface area contributed by atoms with E-state index < -0.39 is 11.7 Å². The van der Waals surface area contributed by atoms with Gasteiger partial charge in [-0.15, -0.1) is 0 Å². The Balaban J connectivity index is 2.21. The van der Waals surface area contributed by atoms with Crippen LogP contribution >= 0.6 is 0 Å². The number of ether oxygens (including phenoxy) is 1. The number of hydrogen-bond acceptors (Lipinski definition) is 3. The van der Waals surface area contributed by atoms with Crippen LogP contribution in [-0.2, 0) is 10.9 Å². The van der Waals surface area contributed by atoms with Crippen LogP contribution in [0, 0.1) is 17.2 Å². The van der Waals surface area contributed by atoms with Crippen LogP contribution in [0.4, 0.5) is 18.9 Å². The Bertz CT molecular complexity index is 522. The van der Waals surface area contributed by atoms with Gasteiger partial charge in [-0.2, -0.15) is 18.4 Å². The van der Waals surface area contributed by atoms with Crippen LogP contribution in [0.2, 0.25) is 0 Å². The highest BCUT2D eigenvalue weighted by molar-refractivity contribution is 5.55. The minimum absolute atomic E-state index is 0.329. The zero-order valence-corrected chi connectivity index (χ0v) is 11.1. The minimum atomic E-state index is -4.49. The molecule has 3 nitrogen and oxygen atoms in total. The highest BCUT2D eigenvalue weighted by atomic mass is 19.4. The van der Waals surface area contributed by atoms with Gasteiger partial charge in [0, 0.05) is 31.8 Å². The second-order valence-electron chi connectivity index (χ2n) is 4.90. The summed E-state index contributed by atoms with van der Waals surface area (Å²) in [4.78, 5) is 1.99. The van der Waals surface area contributed by atoms with Gasteiger partial charge in [0.25, 0.3) is 0 Å². The summed E-state index contributed by atoms with van der Waals surface area (Å²) in [5.41, 5.74) is -0.547. The first-order chi connectivity index (χ1) is 9.45. The first-order valence-corrected chi connectivity index (χ1v) is 6.31. The van der Waals surface area contributed by atoms with Crippen molar-refractivity contribution >= 4 is 5.69 Å². The highest BCUT2D eigenvalue weighted by Crippen LogP contribution is 2.34. The molecule has 1 aromatic rings. The summed E-state index contributed by atoms with van der Waals surface area (Å²) in [5.74, 6) is 0.382. The Hall–Kier alpha value is -1.74. The maximum absolute atomic E-state index is 12.7. The molecule has 1 heterocycles. The summed E-state index contributed by atoms with van der Waals surface area (Å²) in [6.45, 7) is 2.15. The molecule has 0 spiro atoms. The summed E-state index contributed by atoms with van der Waals surface area (Å²) < 4.78 is 43.3. The van der Waals surface area contributed by atoms with Crippen molar-refractivity contribution in [3.05, 3.63) is 29.3 Å². The molecule has 1 fully saturated rings. The molecule has 0 N–H and O–H groups in total. The lowest BCUT2D eigenvalue weighted by atomic mass is 10.1. The Morgan fingerprint density at radius 3 is 2.80 bits per heavy atom. The molecule has 0 saturated carbocycles. The molecule has 0 bridgehead atoms. The number of alkyl halides is 3. The van der Waals surface area contributed by atoms with Crippen molar-refractivity contribution in [3.63, 3.8) is 0 Å². The van der Waals surface area contributed by atoms with Crippen LogP contribution in [0.15, 0.2) is 18.2 Å². The quantitative estimate of drug-likeness (QED) is 0.856. The van der Waals surface area contributed by atoms with E-state index in [0.29, 0.717) is 18.2 Å². The predicted molar refractivity (Wildman–Crippen MR) is 68.4 cm³/mol. The summed E-state index contributed by atoms with van der Waals surface area (Å²) in [7, 11) is 1.63. The SMILES string of the molecule is COCC1CCN(c2ccc(C(F)(F)F)c(C#N)c2)C1. The first-order valence-electron chi connectivity index (χ1n) is 6.31. The number of benzene rings is 1. The van der Waals surface area contributed by atoms with E-state index in [2.05, 4.69) is 0 Å². The molecule has 1 unspecified atom stereocenters. The number of rotatable bonds is 3. The second kappa shape index (κ2) is 5.71. The van der Waals surface area contributed by atoms with E-state index in [9.17, 15) is 13.2 Å². The van der Waals surface area contributed by atoms with Gasteiger partial charge in [0.15, 0.2) is 0 Å². The standard InChI is InChI=1S/C14H15F3N2O/c1-20-9-10-4-5-19(8-10)12-2-3-13(14(15,16)17)11(6-12)7-18/h2-3,6,10H,4-5,8-9H2,1H3. The Morgan fingerprint density at radius 1 is 1.45 bits per heavy atom. The van der Waals surface area contributed by atoms with Gasteiger partial charge in [0.1, 0.15) is 0 Å². The molecule has 1 saturated heterocycles. The third kappa shape index (κ3) is 3.05. The maximum atomic E-state index is 12.7. The van der Waals surface area contributed by atoms with Gasteiger partial charge in [-0.05, 0) is 24.6 Å². The zero-order chi connectivity index (χ0) is 14.8. The third-order valence-electron chi connectivity index (χ3n) is 3.48. The number of nitriles is 1. The average molecular weight is 284 g/mol. The van der Waals surface area contributed by atoms with Crippen molar-refractivity contribution in [1.29, 1.82) is 5.26 Å². The molecule has 1 aromatic carbocycles. The van der Waals surface area contributed by atoms with E-state index in [1.54, 1.807) is 13.2 Å². The second-order valence-corrected chi connectivity index (χ2v) is 4.90.